The summed E-state index contributed by atoms with van der Waals surface area (Å²) in [7, 11) is -7.53. The van der Waals surface area contributed by atoms with Crippen molar-refractivity contribution in [3.63, 3.8) is 0 Å². The highest BCUT2D eigenvalue weighted by atomic mass is 79.9. The minimum absolute atomic E-state index is 0.00672. The van der Waals surface area contributed by atoms with Crippen LogP contribution in [0.5, 0.6) is 0 Å². The number of thioether (sulfide) groups is 1. The standard InChI is InChI=1S/C34H36BrClN4O5S.C34H35Cl2FN4O5S.C34H37Cl2N3O7S/c1-23-3-10-27(11-4-23)46(43,44)34(33(42)37-13-2-14-39-15-17-45-18-16-39)20-31(41)40(22-24-5-7-25(35)8-6-24)32(34)29-21-38-30-19-26(36)9-12-28(29)30;1-22-3-7-25(8-4-22)47(44,45)34(33(43)38-11-2-12-40-13-15-46-16-14-40)19-31(42)41(21-23-5-10-28(36)29(37)17-23)32(34)27-20-39-30-18-24(35)6-9-26(27)30;1-19-3-10-23(11-4-19)47-34(33(46)38(2)17-27(41)30(44)31(45)28(42)18-40)14-29(43)39(16-20-5-7-21(35)8-6-20)32(34)25-15-37-26-13-22(36)9-12-24(25)26/h3-12,19,21,32,38H,2,13-18,20,22H2,1H3,(H,37,42);3-10,17-18,20,32,39H,2,11-16,19,21H2,1H3,(H,38,43);3-13,15,27-28,30-32,37,40-42,44-45H,14,16-18H2,1-2H3/t2*32-,34-;/m00./s1. The van der Waals surface area contributed by atoms with Gasteiger partial charge >= 0.3 is 0 Å². The number of fused-ring (bicyclic) bond motifs is 3. The van der Waals surface area contributed by atoms with E-state index in [-0.39, 0.29) is 59.9 Å². The lowest BCUT2D eigenvalue weighted by Gasteiger charge is -2.39. The quantitative estimate of drug-likeness (QED) is 0.0175. The zero-order valence-electron chi connectivity index (χ0n) is 77.0. The lowest BCUT2D eigenvalue weighted by molar-refractivity contribution is -0.140. The first-order valence-corrected chi connectivity index (χ1v) is 52.2. The van der Waals surface area contributed by atoms with Gasteiger partial charge in [-0.15, -0.1) is 11.8 Å². The topological polar surface area (TPSA) is 381 Å². The summed E-state index contributed by atoms with van der Waals surface area (Å²) in [4.78, 5) is 107. The Bertz CT molecular complexity index is 6750. The molecule has 0 aliphatic carbocycles. The van der Waals surface area contributed by atoms with Crippen molar-refractivity contribution in [1.29, 1.82) is 0 Å². The van der Waals surface area contributed by atoms with Crippen LogP contribution in [0.2, 0.25) is 25.1 Å². The smallest absolute Gasteiger partial charge is 0.244 e. The van der Waals surface area contributed by atoms with Crippen molar-refractivity contribution in [2.75, 3.05) is 99.0 Å². The van der Waals surface area contributed by atoms with Gasteiger partial charge in [0.25, 0.3) is 0 Å². The molecule has 17 rings (SSSR count). The Hall–Kier alpha value is -9.83. The molecule has 38 heteroatoms. The fourth-order valence-corrected chi connectivity index (χ4v) is 25.9. The van der Waals surface area contributed by atoms with Gasteiger partial charge in [0.2, 0.25) is 35.4 Å². The number of aromatic nitrogens is 3. The van der Waals surface area contributed by atoms with Gasteiger partial charge in [0.1, 0.15) is 35.0 Å². The van der Waals surface area contributed by atoms with Gasteiger partial charge in [-0.2, -0.15) is 0 Å². The second-order valence-electron chi connectivity index (χ2n) is 35.9. The number of likely N-dealkylation sites (N-methyl/N-ethyl adjacent to an activating group) is 1. The summed E-state index contributed by atoms with van der Waals surface area (Å²) in [5.74, 6) is -3.88. The molecule has 5 aliphatic heterocycles. The molecule has 140 heavy (non-hydrogen) atoms. The maximum Gasteiger partial charge on any atom is 0.244 e. The van der Waals surface area contributed by atoms with Gasteiger partial charge in [0.15, 0.2) is 29.2 Å². The number of hydrogen-bond acceptors (Lipinski definition) is 20. The number of carbonyl (C=O) groups is 6. The molecule has 8 heterocycles. The van der Waals surface area contributed by atoms with Crippen LogP contribution in [-0.4, -0.2) is 260 Å². The number of likely N-dealkylation sites (tertiary alicyclic amines) is 3. The van der Waals surface area contributed by atoms with E-state index in [1.165, 1.54) is 65.0 Å². The van der Waals surface area contributed by atoms with Crippen LogP contribution in [0.3, 0.4) is 0 Å². The first-order chi connectivity index (χ1) is 66.9. The lowest BCUT2D eigenvalue weighted by atomic mass is 9.90. The minimum Gasteiger partial charge on any atom is -0.394 e. The number of aromatic amines is 3. The molecule has 9 aromatic carbocycles. The van der Waals surface area contributed by atoms with Gasteiger partial charge < -0.3 is 80.2 Å². The van der Waals surface area contributed by atoms with Crippen molar-refractivity contribution in [3.8, 4) is 0 Å². The van der Waals surface area contributed by atoms with Crippen molar-refractivity contribution < 1.29 is 85.0 Å². The van der Waals surface area contributed by atoms with E-state index in [1.807, 2.05) is 87.5 Å². The Morgan fingerprint density at radius 2 is 0.871 bits per heavy atom. The number of rotatable bonds is 32. The number of hydrogen-bond donors (Lipinski definition) is 10. The average Bonchev–Trinajstić information content (AvgIpc) is 1.51. The Morgan fingerprint density at radius 1 is 0.500 bits per heavy atom. The Labute approximate surface area is 848 Å². The molecule has 0 saturated carbocycles. The van der Waals surface area contributed by atoms with Crippen molar-refractivity contribution in [3.05, 3.63) is 298 Å². The van der Waals surface area contributed by atoms with Crippen LogP contribution in [0.15, 0.2) is 232 Å². The molecule has 28 nitrogen and oxygen atoms in total. The van der Waals surface area contributed by atoms with Crippen LogP contribution in [0, 0.1) is 26.6 Å². The predicted molar refractivity (Wildman–Crippen MR) is 541 cm³/mol. The largest absolute Gasteiger partial charge is 0.394 e. The number of aryl methyl sites for hydroxylation is 3. The van der Waals surface area contributed by atoms with Gasteiger partial charge in [-0.1, -0.05) is 176 Å². The number of carbonyl (C=O) groups excluding carboxylic acids is 6. The fraction of sp³-hybridized carbons (Fsp3) is 0.353. The highest BCUT2D eigenvalue weighted by Gasteiger charge is 2.68. The maximum atomic E-state index is 15.0. The van der Waals surface area contributed by atoms with Crippen molar-refractivity contribution in [2.45, 2.75) is 144 Å². The van der Waals surface area contributed by atoms with E-state index in [0.717, 1.165) is 80.8 Å². The van der Waals surface area contributed by atoms with Crippen LogP contribution in [0.4, 0.5) is 4.39 Å². The molecule has 0 radical (unpaired) electrons. The zero-order chi connectivity index (χ0) is 99.9. The Kier molecular flexibility index (Phi) is 33.6. The van der Waals surface area contributed by atoms with Crippen LogP contribution < -0.4 is 10.6 Å². The third-order valence-electron chi connectivity index (χ3n) is 26.5. The number of ether oxygens (including phenoxy) is 2. The van der Waals surface area contributed by atoms with Gasteiger partial charge in [0, 0.05) is 170 Å². The van der Waals surface area contributed by atoms with Crippen LogP contribution in [0.25, 0.3) is 32.7 Å². The van der Waals surface area contributed by atoms with Crippen LogP contribution >= 0.6 is 85.7 Å². The SMILES string of the molecule is Cc1ccc(S(=O)(=O)[C@@]2(C(=O)NCCCN3CCOCC3)CC(=O)N(Cc3ccc(Br)cc3)[C@H]2c2c[nH]c3cc(Cl)ccc23)cc1.Cc1ccc(S(=O)(=O)[C@@]2(C(=O)NCCCN3CCOCC3)CC(=O)N(Cc3ccc(Cl)c(F)c3)[C@H]2c2c[nH]c3cc(Cl)ccc23)cc1.Cc1ccc(SC2(C(=O)N(C)CC(O)C(O)C(O)C(O)CO)CC(=O)N(Cc3ccc(Cl)cc3)C2c2c[nH]c3cc(Cl)ccc23)cc1. The number of benzene rings is 9. The van der Waals surface area contributed by atoms with Crippen molar-refractivity contribution >= 4 is 174 Å². The number of aliphatic hydroxyl groups excluding tert-OH is 5. The van der Waals surface area contributed by atoms with Crippen molar-refractivity contribution in [2.24, 2.45) is 0 Å². The number of nitrogens with one attached hydrogen (secondary N) is 5. The van der Waals surface area contributed by atoms with E-state index in [4.69, 9.17) is 67.5 Å². The summed E-state index contributed by atoms with van der Waals surface area (Å²) in [5, 5.41) is 60.4. The second-order valence-corrected chi connectivity index (χ2v) is 44.8. The van der Waals surface area contributed by atoms with E-state index >= 15 is 0 Å². The summed E-state index contributed by atoms with van der Waals surface area (Å²) in [6.07, 6.45) is -2.11. The van der Waals surface area contributed by atoms with E-state index < -0.39 is 138 Å². The van der Waals surface area contributed by atoms with Crippen molar-refractivity contribution in [1.82, 2.24) is 55.0 Å². The lowest BCUT2D eigenvalue weighted by Crippen LogP contribution is -2.56. The van der Waals surface area contributed by atoms with E-state index in [2.05, 4.69) is 51.3 Å². The number of amides is 6. The maximum absolute atomic E-state index is 15.0. The van der Waals surface area contributed by atoms with E-state index in [9.17, 15) is 75.5 Å². The number of H-pyrrole nitrogens is 3. The molecule has 5 aliphatic rings. The third kappa shape index (κ3) is 22.3. The van der Waals surface area contributed by atoms with Gasteiger partial charge in [-0.3, -0.25) is 38.6 Å². The molecular weight excluding hydrogens is 2020 g/mol. The van der Waals surface area contributed by atoms with Gasteiger partial charge in [-0.05, 0) is 173 Å². The number of sulfone groups is 2. The molecule has 3 aromatic heterocycles. The normalized spacial score (nSPS) is 20.7. The molecule has 0 spiro atoms. The monoisotopic (exact) mass is 2130 g/mol. The Morgan fingerprint density at radius 3 is 1.29 bits per heavy atom. The van der Waals surface area contributed by atoms with E-state index in [1.54, 1.807) is 119 Å². The molecular formula is C102H108BrCl5FN11O17S3. The Balaban J connectivity index is 0.000000159. The number of nitrogens with zero attached hydrogens (tertiary/aromatic N) is 6. The molecule has 5 saturated heterocycles. The highest BCUT2D eigenvalue weighted by molar-refractivity contribution is 9.10. The molecule has 0 bridgehead atoms. The number of aliphatic hydroxyl groups is 5. The fourth-order valence-electron chi connectivity index (χ4n) is 19.2. The molecule has 10 N–H and O–H groups in total. The van der Waals surface area contributed by atoms with Gasteiger partial charge in [-0.25, -0.2) is 21.2 Å². The predicted octanol–water partition coefficient (Wildman–Crippen LogP) is 14.5. The van der Waals surface area contributed by atoms with Crippen LogP contribution in [0.1, 0.15) is 100 Å². The number of halogens is 7. The van der Waals surface area contributed by atoms with Gasteiger partial charge in [0.05, 0.1) is 85.2 Å². The summed E-state index contributed by atoms with van der Waals surface area (Å²) in [6.45, 7) is 12.2. The van der Waals surface area contributed by atoms with Crippen LogP contribution in [-0.2, 0) is 77.5 Å². The summed E-state index contributed by atoms with van der Waals surface area (Å²) >= 11 is 35.7. The molecule has 740 valence electrons. The molecule has 12 aromatic rings. The summed E-state index contributed by atoms with van der Waals surface area (Å²) in [6, 6.07) is 51.6. The third-order valence-corrected chi connectivity index (χ3v) is 34.5. The first kappa shape index (κ1) is 104. The highest BCUT2D eigenvalue weighted by Crippen LogP contribution is 2.57. The first-order valence-electron chi connectivity index (χ1n) is 45.7. The molecule has 10 atom stereocenters. The second kappa shape index (κ2) is 45.0. The summed E-state index contributed by atoms with van der Waals surface area (Å²) < 4.78 is 80.3. The molecule has 6 amide bonds. The molecule has 5 fully saturated rings. The zero-order valence-corrected chi connectivity index (χ0v) is 84.8. The molecule has 6 unspecified atom stereocenters. The number of morpholine rings is 2. The minimum atomic E-state index is -4.54. The summed E-state index contributed by atoms with van der Waals surface area (Å²) in [5.41, 5.74) is 8.41. The average molecular weight is 2130 g/mol. The van der Waals surface area contributed by atoms with E-state index in [0.29, 0.717) is 110 Å².